The molecule has 2 rings (SSSR count). The summed E-state index contributed by atoms with van der Waals surface area (Å²) in [7, 11) is -3.77. The van der Waals surface area contributed by atoms with Crippen molar-refractivity contribution in [2.75, 3.05) is 13.2 Å². The van der Waals surface area contributed by atoms with Crippen LogP contribution in [0, 0.1) is 19.8 Å². The van der Waals surface area contributed by atoms with Gasteiger partial charge in [0.05, 0.1) is 29.3 Å². The first-order valence-electron chi connectivity index (χ1n) is 9.35. The number of hydrogen-bond donors (Lipinski definition) is 1. The summed E-state index contributed by atoms with van der Waals surface area (Å²) in [5.41, 5.74) is 2.22. The van der Waals surface area contributed by atoms with Crippen LogP contribution in [0.3, 0.4) is 0 Å². The minimum absolute atomic E-state index is 0.186. The molecular weight excluding hydrogens is 412 g/mol. The van der Waals surface area contributed by atoms with Gasteiger partial charge in [-0.05, 0) is 56.0 Å². The minimum Gasteiger partial charge on any atom is -0.490 e. The Balaban J connectivity index is 2.23. The number of benzene rings is 2. The lowest BCUT2D eigenvalue weighted by Crippen LogP contribution is -2.19. The highest BCUT2D eigenvalue weighted by Gasteiger charge is 2.16. The highest BCUT2D eigenvalue weighted by atomic mass is 35.5. The normalized spacial score (nSPS) is 11.8. The van der Waals surface area contributed by atoms with Gasteiger partial charge in [-0.15, -0.1) is 0 Å². The zero-order valence-corrected chi connectivity index (χ0v) is 18.9. The van der Waals surface area contributed by atoms with Gasteiger partial charge in [0.1, 0.15) is 0 Å². The number of aryl methyl sites for hydroxylation is 2. The van der Waals surface area contributed by atoms with Gasteiger partial charge < -0.3 is 9.47 Å². The second-order valence-electron chi connectivity index (χ2n) is 7.09. The van der Waals surface area contributed by atoms with Crippen molar-refractivity contribution in [2.45, 2.75) is 39.5 Å². The first-order valence-corrected chi connectivity index (χ1v) is 11.2. The van der Waals surface area contributed by atoms with Gasteiger partial charge in [-0.1, -0.05) is 43.1 Å². The van der Waals surface area contributed by atoms with Crippen LogP contribution in [0.2, 0.25) is 5.02 Å². The molecule has 0 fully saturated rings. The third-order valence-corrected chi connectivity index (χ3v) is 5.56. The van der Waals surface area contributed by atoms with Crippen molar-refractivity contribution < 1.29 is 17.9 Å². The molecule has 0 aliphatic heterocycles. The van der Waals surface area contributed by atoms with Crippen LogP contribution >= 0.6 is 11.6 Å². The molecular formula is C21H27ClN2O4S. The fourth-order valence-corrected chi connectivity index (χ4v) is 3.93. The van der Waals surface area contributed by atoms with Gasteiger partial charge in [-0.2, -0.15) is 13.5 Å². The summed E-state index contributed by atoms with van der Waals surface area (Å²) in [6.45, 7) is 10.5. The maximum absolute atomic E-state index is 12.5. The number of nitrogens with one attached hydrogen (secondary N) is 1. The van der Waals surface area contributed by atoms with Crippen LogP contribution in [-0.2, 0) is 10.0 Å². The highest BCUT2D eigenvalue weighted by Crippen LogP contribution is 2.36. The molecule has 0 saturated heterocycles. The van der Waals surface area contributed by atoms with E-state index in [2.05, 4.69) is 9.93 Å². The first-order chi connectivity index (χ1) is 13.6. The Bertz CT molecular complexity index is 988. The van der Waals surface area contributed by atoms with Crippen molar-refractivity contribution in [1.29, 1.82) is 0 Å². The van der Waals surface area contributed by atoms with E-state index in [0.29, 0.717) is 46.8 Å². The predicted molar refractivity (Wildman–Crippen MR) is 117 cm³/mol. The van der Waals surface area contributed by atoms with Crippen LogP contribution in [0.5, 0.6) is 11.5 Å². The second kappa shape index (κ2) is 9.98. The van der Waals surface area contributed by atoms with Crippen LogP contribution in [-0.4, -0.2) is 27.8 Å². The van der Waals surface area contributed by atoms with E-state index in [1.54, 1.807) is 31.2 Å². The predicted octanol–water partition coefficient (Wildman–Crippen LogP) is 4.70. The van der Waals surface area contributed by atoms with Gasteiger partial charge in [-0.25, -0.2) is 4.83 Å². The van der Waals surface area contributed by atoms with Gasteiger partial charge in [0.15, 0.2) is 11.5 Å². The second-order valence-corrected chi connectivity index (χ2v) is 9.13. The summed E-state index contributed by atoms with van der Waals surface area (Å²) in [5, 5.41) is 4.25. The van der Waals surface area contributed by atoms with Crippen molar-refractivity contribution in [2.24, 2.45) is 11.0 Å². The number of ether oxygens (including phenoxy) is 2. The zero-order valence-electron chi connectivity index (χ0n) is 17.3. The van der Waals surface area contributed by atoms with Gasteiger partial charge >= 0.3 is 0 Å². The van der Waals surface area contributed by atoms with Crippen LogP contribution in [0.1, 0.15) is 37.5 Å². The lowest BCUT2D eigenvalue weighted by molar-refractivity contribution is 0.248. The summed E-state index contributed by atoms with van der Waals surface area (Å²) in [6.07, 6.45) is 1.38. The number of nitrogens with zero attached hydrogens (tertiary/aromatic N) is 1. The summed E-state index contributed by atoms with van der Waals surface area (Å²) < 4.78 is 36.4. The maximum atomic E-state index is 12.5. The van der Waals surface area contributed by atoms with E-state index < -0.39 is 10.0 Å². The zero-order chi connectivity index (χ0) is 21.6. The third-order valence-electron chi connectivity index (χ3n) is 3.90. The van der Waals surface area contributed by atoms with E-state index in [4.69, 9.17) is 21.1 Å². The average Bonchev–Trinajstić information content (AvgIpc) is 2.60. The molecule has 0 amide bonds. The smallest absolute Gasteiger partial charge is 0.276 e. The lowest BCUT2D eigenvalue weighted by Gasteiger charge is -2.15. The van der Waals surface area contributed by atoms with Gasteiger partial charge in [0.25, 0.3) is 10.0 Å². The van der Waals surface area contributed by atoms with E-state index in [1.165, 1.54) is 6.21 Å². The molecule has 29 heavy (non-hydrogen) atoms. The van der Waals surface area contributed by atoms with Crippen molar-refractivity contribution >= 4 is 27.8 Å². The quantitative estimate of drug-likeness (QED) is 0.454. The molecule has 8 heteroatoms. The van der Waals surface area contributed by atoms with Crippen LogP contribution < -0.4 is 14.3 Å². The molecule has 0 aliphatic rings. The molecule has 0 spiro atoms. The van der Waals surface area contributed by atoms with Crippen molar-refractivity contribution in [3.05, 3.63) is 52.0 Å². The summed E-state index contributed by atoms with van der Waals surface area (Å²) in [4.78, 5) is 2.42. The molecule has 158 valence electrons. The molecule has 2 aromatic carbocycles. The first kappa shape index (κ1) is 23.0. The Hall–Kier alpha value is -2.25. The van der Waals surface area contributed by atoms with Gasteiger partial charge in [0.2, 0.25) is 0 Å². The van der Waals surface area contributed by atoms with Crippen LogP contribution in [0.25, 0.3) is 0 Å². The fourth-order valence-electron chi connectivity index (χ4n) is 2.64. The lowest BCUT2D eigenvalue weighted by atomic mass is 10.2. The number of rotatable bonds is 9. The van der Waals surface area contributed by atoms with E-state index in [1.807, 2.05) is 33.8 Å². The Morgan fingerprint density at radius 1 is 1.17 bits per heavy atom. The van der Waals surface area contributed by atoms with E-state index in [0.717, 1.165) is 5.56 Å². The Labute approximate surface area is 177 Å². The van der Waals surface area contributed by atoms with E-state index in [9.17, 15) is 8.42 Å². The highest BCUT2D eigenvalue weighted by molar-refractivity contribution is 7.89. The molecule has 0 atom stereocenters. The number of hydrogen-bond acceptors (Lipinski definition) is 5. The number of hydrazone groups is 1. The summed E-state index contributed by atoms with van der Waals surface area (Å²) in [5.74, 6) is 1.29. The van der Waals surface area contributed by atoms with E-state index >= 15 is 0 Å². The molecule has 0 aromatic heterocycles. The largest absolute Gasteiger partial charge is 0.490 e. The van der Waals surface area contributed by atoms with Crippen molar-refractivity contribution in [1.82, 2.24) is 4.83 Å². The molecule has 2 aromatic rings. The molecule has 6 nitrogen and oxygen atoms in total. The van der Waals surface area contributed by atoms with Crippen molar-refractivity contribution in [3.63, 3.8) is 0 Å². The fraction of sp³-hybridized carbons (Fsp3) is 0.381. The Morgan fingerprint density at radius 3 is 2.52 bits per heavy atom. The topological polar surface area (TPSA) is 77.0 Å². The molecule has 0 unspecified atom stereocenters. The Morgan fingerprint density at radius 2 is 1.90 bits per heavy atom. The molecule has 0 heterocycles. The molecule has 0 saturated carbocycles. The van der Waals surface area contributed by atoms with Crippen LogP contribution in [0.4, 0.5) is 0 Å². The third kappa shape index (κ3) is 6.37. The standard InChI is InChI=1S/C21H27ClN2O4S/c1-6-27-19-11-17(10-18(22)21(19)28-13-14(2)3)12-23-24-29(25,26)20-8-7-15(4)9-16(20)5/h7-12,14,24H,6,13H2,1-5H3/b23-12+. The number of sulfonamides is 1. The van der Waals surface area contributed by atoms with Gasteiger partial charge in [-0.3, -0.25) is 0 Å². The van der Waals surface area contributed by atoms with Gasteiger partial charge in [0, 0.05) is 0 Å². The monoisotopic (exact) mass is 438 g/mol. The summed E-state index contributed by atoms with van der Waals surface area (Å²) in [6, 6.07) is 8.47. The molecule has 1 N–H and O–H groups in total. The maximum Gasteiger partial charge on any atom is 0.276 e. The van der Waals surface area contributed by atoms with E-state index in [-0.39, 0.29) is 4.90 Å². The van der Waals surface area contributed by atoms with Crippen molar-refractivity contribution in [3.8, 4) is 11.5 Å². The minimum atomic E-state index is -3.77. The number of halogens is 1. The Kier molecular flexibility index (Phi) is 7.93. The molecule has 0 radical (unpaired) electrons. The summed E-state index contributed by atoms with van der Waals surface area (Å²) >= 11 is 6.35. The average molecular weight is 439 g/mol. The van der Waals surface area contributed by atoms with Crippen LogP contribution in [0.15, 0.2) is 40.3 Å². The molecule has 0 bridgehead atoms. The molecule has 0 aliphatic carbocycles. The SMILES string of the molecule is CCOc1cc(/C=N/NS(=O)(=O)c2ccc(C)cc2C)cc(Cl)c1OCC(C)C.